The van der Waals surface area contributed by atoms with Gasteiger partial charge in [-0.2, -0.15) is 0 Å². The molecular formula is C21H26N4O7S. The van der Waals surface area contributed by atoms with Crippen LogP contribution in [0.2, 0.25) is 0 Å². The Morgan fingerprint density at radius 1 is 1.18 bits per heavy atom. The maximum absolute atomic E-state index is 12.5. The Morgan fingerprint density at radius 2 is 1.82 bits per heavy atom. The zero-order valence-corrected chi connectivity index (χ0v) is 20.0. The minimum atomic E-state index is -3.70. The van der Waals surface area contributed by atoms with Gasteiger partial charge in [-0.25, -0.2) is 22.3 Å². The maximum atomic E-state index is 12.5. The van der Waals surface area contributed by atoms with Gasteiger partial charge in [0.25, 0.3) is 11.5 Å². The van der Waals surface area contributed by atoms with Gasteiger partial charge in [0.15, 0.2) is 6.10 Å². The molecule has 2 aromatic rings. The van der Waals surface area contributed by atoms with Crippen LogP contribution in [0.1, 0.15) is 18.1 Å². The summed E-state index contributed by atoms with van der Waals surface area (Å²) in [4.78, 5) is 48.4. The number of carbonyl (C=O) groups is 2. The molecule has 1 heterocycles. The van der Waals surface area contributed by atoms with E-state index in [0.29, 0.717) is 5.56 Å². The van der Waals surface area contributed by atoms with Crippen LogP contribution in [0.4, 0.5) is 5.69 Å². The van der Waals surface area contributed by atoms with Gasteiger partial charge in [0, 0.05) is 46.2 Å². The molecule has 0 bridgehead atoms. The average Bonchev–Trinajstić information content (AvgIpc) is 2.74. The molecule has 1 aromatic heterocycles. The first kappa shape index (κ1) is 25.7. The number of aromatic nitrogens is 2. The molecule has 12 heteroatoms. The van der Waals surface area contributed by atoms with E-state index in [-0.39, 0.29) is 16.1 Å². The molecule has 1 atom stereocenters. The molecule has 0 aliphatic heterocycles. The Kier molecular flexibility index (Phi) is 7.77. The summed E-state index contributed by atoms with van der Waals surface area (Å²) in [5.41, 5.74) is -0.137. The Labute approximate surface area is 191 Å². The molecule has 11 nitrogen and oxygen atoms in total. The predicted octanol–water partition coefficient (Wildman–Crippen LogP) is 0.226. The zero-order chi connectivity index (χ0) is 25.1. The highest BCUT2D eigenvalue weighted by Gasteiger charge is 2.21. The number of carbonyl (C=O) groups excluding carboxylic acids is 2. The number of aryl methyl sites for hydroxylation is 2. The van der Waals surface area contributed by atoms with Crippen LogP contribution in [0.15, 0.2) is 45.0 Å². The summed E-state index contributed by atoms with van der Waals surface area (Å²) < 4.78 is 32.9. The van der Waals surface area contributed by atoms with Crippen molar-refractivity contribution in [3.8, 4) is 0 Å². The monoisotopic (exact) mass is 478 g/mol. The fraction of sp³-hybridized carbons (Fsp3) is 0.333. The standard InChI is InChI=1S/C21H26N4O7S/c1-13-7-9-16(33(30,31)23(3)4)11-17(13)22-19(27)14(2)32-18(26)10-8-15-12-24(5)21(29)25(6)20(15)28/h7-12,14H,1-6H3,(H,22,27)/b10-8+. The summed E-state index contributed by atoms with van der Waals surface area (Å²) in [6.45, 7) is 3.04. The molecule has 0 radical (unpaired) electrons. The average molecular weight is 479 g/mol. The lowest BCUT2D eigenvalue weighted by Crippen LogP contribution is -2.37. The van der Waals surface area contributed by atoms with E-state index >= 15 is 0 Å². The van der Waals surface area contributed by atoms with E-state index in [0.717, 1.165) is 14.9 Å². The number of hydrogen-bond acceptors (Lipinski definition) is 7. The molecule has 178 valence electrons. The fourth-order valence-electron chi connectivity index (χ4n) is 2.72. The van der Waals surface area contributed by atoms with Crippen LogP contribution in [0.3, 0.4) is 0 Å². The number of anilines is 1. The number of nitrogens with one attached hydrogen (secondary N) is 1. The molecule has 33 heavy (non-hydrogen) atoms. The third kappa shape index (κ3) is 5.84. The van der Waals surface area contributed by atoms with Gasteiger partial charge in [0.2, 0.25) is 10.0 Å². The topological polar surface area (TPSA) is 137 Å². The Balaban J connectivity index is 2.13. The van der Waals surface area contributed by atoms with Gasteiger partial charge in [-0.1, -0.05) is 6.07 Å². The summed E-state index contributed by atoms with van der Waals surface area (Å²) in [6.07, 6.45) is 2.23. The summed E-state index contributed by atoms with van der Waals surface area (Å²) in [5.74, 6) is -1.55. The molecule has 0 aliphatic rings. The van der Waals surface area contributed by atoms with Crippen LogP contribution in [0, 0.1) is 6.92 Å². The van der Waals surface area contributed by atoms with Gasteiger partial charge in [-0.05, 0) is 37.6 Å². The van der Waals surface area contributed by atoms with Crippen LogP contribution in [0.5, 0.6) is 0 Å². The van der Waals surface area contributed by atoms with Crippen molar-refractivity contribution >= 4 is 33.7 Å². The molecular weight excluding hydrogens is 452 g/mol. The van der Waals surface area contributed by atoms with Crippen LogP contribution in [0.25, 0.3) is 6.08 Å². The van der Waals surface area contributed by atoms with E-state index in [2.05, 4.69) is 5.32 Å². The van der Waals surface area contributed by atoms with Gasteiger partial charge < -0.3 is 14.6 Å². The Bertz CT molecular complexity index is 1340. The fourth-order valence-corrected chi connectivity index (χ4v) is 3.65. The van der Waals surface area contributed by atoms with Crippen LogP contribution < -0.4 is 16.6 Å². The van der Waals surface area contributed by atoms with Gasteiger partial charge in [-0.15, -0.1) is 0 Å². The molecule has 2 rings (SSSR count). The molecule has 0 saturated carbocycles. The third-order valence-corrected chi connectivity index (χ3v) is 6.59. The number of rotatable bonds is 7. The lowest BCUT2D eigenvalue weighted by Gasteiger charge is -2.16. The molecule has 1 N–H and O–H groups in total. The number of nitrogens with zero attached hydrogens (tertiary/aromatic N) is 3. The molecule has 0 fully saturated rings. The van der Waals surface area contributed by atoms with Gasteiger partial charge in [-0.3, -0.25) is 14.2 Å². The smallest absolute Gasteiger partial charge is 0.331 e. The summed E-state index contributed by atoms with van der Waals surface area (Å²) in [7, 11) is 1.87. The van der Waals surface area contributed by atoms with Crippen LogP contribution in [-0.4, -0.2) is 53.9 Å². The first-order valence-corrected chi connectivity index (χ1v) is 11.2. The number of hydrogen-bond donors (Lipinski definition) is 1. The lowest BCUT2D eigenvalue weighted by molar-refractivity contribution is -0.148. The maximum Gasteiger partial charge on any atom is 0.331 e. The lowest BCUT2D eigenvalue weighted by atomic mass is 10.2. The second kappa shape index (κ2) is 9.96. The van der Waals surface area contributed by atoms with Gasteiger partial charge >= 0.3 is 11.7 Å². The van der Waals surface area contributed by atoms with Crippen molar-refractivity contribution in [1.29, 1.82) is 0 Å². The zero-order valence-electron chi connectivity index (χ0n) is 19.1. The van der Waals surface area contributed by atoms with Crippen molar-refractivity contribution in [3.63, 3.8) is 0 Å². The Morgan fingerprint density at radius 3 is 2.42 bits per heavy atom. The number of amides is 1. The van der Waals surface area contributed by atoms with Crippen molar-refractivity contribution < 1.29 is 22.7 Å². The minimum Gasteiger partial charge on any atom is -0.449 e. The molecule has 1 amide bonds. The van der Waals surface area contributed by atoms with E-state index in [1.54, 1.807) is 13.0 Å². The predicted molar refractivity (Wildman–Crippen MR) is 122 cm³/mol. The SMILES string of the molecule is Cc1ccc(S(=O)(=O)N(C)C)cc1NC(=O)C(C)OC(=O)/C=C/c1cn(C)c(=O)n(C)c1=O. The minimum absolute atomic E-state index is 0.000164. The number of esters is 1. The van der Waals surface area contributed by atoms with Gasteiger partial charge in [0.1, 0.15) is 0 Å². The van der Waals surface area contributed by atoms with Gasteiger partial charge in [0.05, 0.1) is 10.5 Å². The first-order valence-electron chi connectivity index (χ1n) is 9.75. The summed E-state index contributed by atoms with van der Waals surface area (Å²) >= 11 is 0. The van der Waals surface area contributed by atoms with Crippen molar-refractivity contribution in [2.75, 3.05) is 19.4 Å². The normalized spacial score (nSPS) is 12.7. The quantitative estimate of drug-likeness (QED) is 0.444. The van der Waals surface area contributed by atoms with Crippen LogP contribution in [-0.2, 0) is 38.4 Å². The number of benzene rings is 1. The summed E-state index contributed by atoms with van der Waals surface area (Å²) in [6, 6.07) is 4.31. The highest BCUT2D eigenvalue weighted by atomic mass is 32.2. The number of ether oxygens (including phenoxy) is 1. The molecule has 1 unspecified atom stereocenters. The third-order valence-electron chi connectivity index (χ3n) is 4.78. The molecule has 1 aromatic carbocycles. The second-order valence-electron chi connectivity index (χ2n) is 7.51. The summed E-state index contributed by atoms with van der Waals surface area (Å²) in [5, 5.41) is 2.56. The molecule has 0 aliphatic carbocycles. The molecule has 0 spiro atoms. The highest BCUT2D eigenvalue weighted by molar-refractivity contribution is 7.89. The van der Waals surface area contributed by atoms with Crippen LogP contribution >= 0.6 is 0 Å². The van der Waals surface area contributed by atoms with Crippen molar-refractivity contribution in [3.05, 3.63) is 62.4 Å². The number of sulfonamides is 1. The van der Waals surface area contributed by atoms with E-state index in [9.17, 15) is 27.6 Å². The van der Waals surface area contributed by atoms with Crippen molar-refractivity contribution in [2.24, 2.45) is 14.1 Å². The molecule has 0 saturated heterocycles. The van der Waals surface area contributed by atoms with E-state index < -0.39 is 39.3 Å². The van der Waals surface area contributed by atoms with Crippen molar-refractivity contribution in [2.45, 2.75) is 24.8 Å². The van der Waals surface area contributed by atoms with E-state index in [1.807, 2.05) is 0 Å². The second-order valence-corrected chi connectivity index (χ2v) is 9.66. The van der Waals surface area contributed by atoms with E-state index in [1.165, 1.54) is 64.1 Å². The Hall–Kier alpha value is -3.51. The first-order chi connectivity index (χ1) is 15.2. The van der Waals surface area contributed by atoms with Crippen molar-refractivity contribution in [1.82, 2.24) is 13.4 Å². The largest absolute Gasteiger partial charge is 0.449 e. The van der Waals surface area contributed by atoms with E-state index in [4.69, 9.17) is 4.74 Å². The highest BCUT2D eigenvalue weighted by Crippen LogP contribution is 2.22.